The highest BCUT2D eigenvalue weighted by Gasteiger charge is 2.48. The second kappa shape index (κ2) is 4.22. The van der Waals surface area contributed by atoms with Crippen LogP contribution in [0.2, 0.25) is 0 Å². The van der Waals surface area contributed by atoms with Crippen molar-refractivity contribution in [3.05, 3.63) is 0 Å². The van der Waals surface area contributed by atoms with Crippen molar-refractivity contribution in [2.45, 2.75) is 56.6 Å². The Morgan fingerprint density at radius 3 is 2.65 bits per heavy atom. The predicted molar refractivity (Wildman–Crippen MR) is 66.8 cm³/mol. The third-order valence-electron chi connectivity index (χ3n) is 5.20. The van der Waals surface area contributed by atoms with Gasteiger partial charge >= 0.3 is 0 Å². The summed E-state index contributed by atoms with van der Waals surface area (Å²) in [7, 11) is 0. The van der Waals surface area contributed by atoms with Gasteiger partial charge in [0.2, 0.25) is 0 Å². The predicted octanol–water partition coefficient (Wildman–Crippen LogP) is 2.09. The van der Waals surface area contributed by atoms with Crippen molar-refractivity contribution >= 4 is 0 Å². The zero-order chi connectivity index (χ0) is 11.9. The van der Waals surface area contributed by atoms with Gasteiger partial charge in [-0.3, -0.25) is 0 Å². The molecule has 3 aliphatic rings. The minimum Gasteiger partial charge on any atom is -0.378 e. The van der Waals surface area contributed by atoms with Crippen molar-refractivity contribution < 1.29 is 9.47 Å². The molecule has 0 aromatic heterocycles. The zero-order valence-corrected chi connectivity index (χ0v) is 10.9. The number of hydrogen-bond donors (Lipinski definition) is 1. The Balaban J connectivity index is 1.71. The van der Waals surface area contributed by atoms with Gasteiger partial charge in [-0.25, -0.2) is 0 Å². The third kappa shape index (κ3) is 2.13. The van der Waals surface area contributed by atoms with Gasteiger partial charge in [0.25, 0.3) is 0 Å². The molecule has 2 aliphatic heterocycles. The first-order valence-corrected chi connectivity index (χ1v) is 7.13. The van der Waals surface area contributed by atoms with E-state index in [2.05, 4.69) is 6.92 Å². The van der Waals surface area contributed by atoms with Gasteiger partial charge in [0.15, 0.2) is 0 Å². The van der Waals surface area contributed by atoms with Crippen molar-refractivity contribution in [2.24, 2.45) is 17.6 Å². The largest absolute Gasteiger partial charge is 0.378 e. The maximum absolute atomic E-state index is 6.68. The second-order valence-electron chi connectivity index (χ2n) is 6.60. The molecule has 0 bridgehead atoms. The number of nitrogens with two attached hydrogens (primary N) is 1. The van der Waals surface area contributed by atoms with Gasteiger partial charge < -0.3 is 15.2 Å². The fourth-order valence-corrected chi connectivity index (χ4v) is 4.12. The first-order valence-electron chi connectivity index (χ1n) is 7.13. The van der Waals surface area contributed by atoms with Crippen molar-refractivity contribution in [1.29, 1.82) is 0 Å². The minimum atomic E-state index is 0.0150. The molecule has 2 saturated heterocycles. The van der Waals surface area contributed by atoms with Crippen LogP contribution in [0.25, 0.3) is 0 Å². The Morgan fingerprint density at radius 1 is 1.12 bits per heavy atom. The van der Waals surface area contributed by atoms with Crippen LogP contribution in [0, 0.1) is 11.8 Å². The highest BCUT2D eigenvalue weighted by molar-refractivity contribution is 5.02. The molecular weight excluding hydrogens is 214 g/mol. The molecule has 3 heteroatoms. The van der Waals surface area contributed by atoms with Gasteiger partial charge in [0.1, 0.15) is 0 Å². The molecule has 1 saturated carbocycles. The van der Waals surface area contributed by atoms with E-state index in [1.807, 2.05) is 0 Å². The molecular formula is C14H25NO2. The standard InChI is InChI=1S/C14H25NO2/c1-11-2-4-14(15,8-11)12-3-6-17-13(9-12)5-7-16-10-13/h11-12H,2-10,15H2,1H3. The molecule has 3 fully saturated rings. The third-order valence-corrected chi connectivity index (χ3v) is 5.20. The van der Waals surface area contributed by atoms with Crippen LogP contribution in [0.4, 0.5) is 0 Å². The van der Waals surface area contributed by atoms with Crippen molar-refractivity contribution in [1.82, 2.24) is 0 Å². The summed E-state index contributed by atoms with van der Waals surface area (Å²) >= 11 is 0. The molecule has 1 aliphatic carbocycles. The quantitative estimate of drug-likeness (QED) is 0.762. The fourth-order valence-electron chi connectivity index (χ4n) is 4.12. The van der Waals surface area contributed by atoms with Crippen LogP contribution in [0.5, 0.6) is 0 Å². The Hall–Kier alpha value is -0.120. The van der Waals surface area contributed by atoms with Crippen LogP contribution in [0.15, 0.2) is 0 Å². The summed E-state index contributed by atoms with van der Waals surface area (Å²) in [5.41, 5.74) is 6.78. The van der Waals surface area contributed by atoms with Crippen LogP contribution >= 0.6 is 0 Å². The first kappa shape index (κ1) is 11.9. The SMILES string of the molecule is CC1CCC(N)(C2CCOC3(CCOC3)C2)C1. The molecule has 2 heterocycles. The summed E-state index contributed by atoms with van der Waals surface area (Å²) in [6.07, 6.45) is 7.04. The molecule has 0 amide bonds. The molecule has 98 valence electrons. The molecule has 3 rings (SSSR count). The van der Waals surface area contributed by atoms with Gasteiger partial charge in [0, 0.05) is 25.2 Å². The monoisotopic (exact) mass is 239 g/mol. The van der Waals surface area contributed by atoms with Crippen LogP contribution in [-0.2, 0) is 9.47 Å². The Morgan fingerprint density at radius 2 is 2.00 bits per heavy atom. The normalized spacial score (nSPS) is 51.2. The molecule has 3 nitrogen and oxygen atoms in total. The average Bonchev–Trinajstić information content (AvgIpc) is 2.88. The van der Waals surface area contributed by atoms with E-state index in [1.54, 1.807) is 0 Å². The molecule has 4 unspecified atom stereocenters. The Kier molecular flexibility index (Phi) is 2.96. The molecule has 1 spiro atoms. The molecule has 0 aromatic carbocycles. The van der Waals surface area contributed by atoms with E-state index in [0.29, 0.717) is 5.92 Å². The lowest BCUT2D eigenvalue weighted by atomic mass is 9.72. The van der Waals surface area contributed by atoms with E-state index in [1.165, 1.54) is 19.3 Å². The number of rotatable bonds is 1. The van der Waals surface area contributed by atoms with Crippen molar-refractivity contribution in [3.8, 4) is 0 Å². The van der Waals surface area contributed by atoms with Gasteiger partial charge in [-0.15, -0.1) is 0 Å². The topological polar surface area (TPSA) is 44.5 Å². The highest BCUT2D eigenvalue weighted by atomic mass is 16.6. The molecule has 2 N–H and O–H groups in total. The second-order valence-corrected chi connectivity index (χ2v) is 6.60. The molecule has 17 heavy (non-hydrogen) atoms. The number of ether oxygens (including phenoxy) is 2. The van der Waals surface area contributed by atoms with Gasteiger partial charge in [-0.05, 0) is 43.9 Å². The van der Waals surface area contributed by atoms with Crippen LogP contribution in [-0.4, -0.2) is 31.0 Å². The van der Waals surface area contributed by atoms with Crippen LogP contribution in [0.3, 0.4) is 0 Å². The van der Waals surface area contributed by atoms with Crippen LogP contribution in [0.1, 0.15) is 45.4 Å². The summed E-state index contributed by atoms with van der Waals surface area (Å²) in [5, 5.41) is 0. The minimum absolute atomic E-state index is 0.0150. The van der Waals surface area contributed by atoms with Crippen molar-refractivity contribution in [2.75, 3.05) is 19.8 Å². The van der Waals surface area contributed by atoms with Crippen molar-refractivity contribution in [3.63, 3.8) is 0 Å². The van der Waals surface area contributed by atoms with E-state index in [9.17, 15) is 0 Å². The fraction of sp³-hybridized carbons (Fsp3) is 1.00. The molecule has 4 atom stereocenters. The Labute approximate surface area is 104 Å². The van der Waals surface area contributed by atoms with E-state index < -0.39 is 0 Å². The lowest BCUT2D eigenvalue weighted by Gasteiger charge is -2.44. The van der Waals surface area contributed by atoms with Crippen LogP contribution < -0.4 is 5.73 Å². The van der Waals surface area contributed by atoms with E-state index in [0.717, 1.165) is 45.0 Å². The molecule has 0 radical (unpaired) electrons. The summed E-state index contributed by atoms with van der Waals surface area (Å²) in [6, 6.07) is 0. The lowest BCUT2D eigenvalue weighted by molar-refractivity contribution is -0.109. The maximum Gasteiger partial charge on any atom is 0.0940 e. The smallest absolute Gasteiger partial charge is 0.0940 e. The van der Waals surface area contributed by atoms with E-state index >= 15 is 0 Å². The average molecular weight is 239 g/mol. The molecule has 0 aromatic rings. The summed E-state index contributed by atoms with van der Waals surface area (Å²) < 4.78 is 11.5. The van der Waals surface area contributed by atoms with Gasteiger partial charge in [0.05, 0.1) is 12.2 Å². The van der Waals surface area contributed by atoms with E-state index in [-0.39, 0.29) is 11.1 Å². The maximum atomic E-state index is 6.68. The zero-order valence-electron chi connectivity index (χ0n) is 10.9. The first-order chi connectivity index (χ1) is 8.12. The summed E-state index contributed by atoms with van der Waals surface area (Å²) in [5.74, 6) is 1.45. The van der Waals surface area contributed by atoms with Gasteiger partial charge in [-0.1, -0.05) is 6.92 Å². The Bertz CT molecular complexity index is 288. The van der Waals surface area contributed by atoms with Gasteiger partial charge in [-0.2, -0.15) is 0 Å². The highest BCUT2D eigenvalue weighted by Crippen LogP contribution is 2.46. The summed E-state index contributed by atoms with van der Waals surface area (Å²) in [6.45, 7) is 4.86. The lowest BCUT2D eigenvalue weighted by Crippen LogP contribution is -2.52. The van der Waals surface area contributed by atoms with E-state index in [4.69, 9.17) is 15.2 Å². The summed E-state index contributed by atoms with van der Waals surface area (Å²) in [4.78, 5) is 0. The number of hydrogen-bond acceptors (Lipinski definition) is 3.